The van der Waals surface area contributed by atoms with Gasteiger partial charge in [-0.05, 0) is 43.5 Å². The van der Waals surface area contributed by atoms with E-state index in [0.717, 1.165) is 43.4 Å². The summed E-state index contributed by atoms with van der Waals surface area (Å²) in [6.07, 6.45) is 3.23. The van der Waals surface area contributed by atoms with E-state index in [2.05, 4.69) is 34.5 Å². The highest BCUT2D eigenvalue weighted by atomic mass is 19.1. The normalized spacial score (nSPS) is 11.8. The van der Waals surface area contributed by atoms with Crippen LogP contribution in [0.2, 0.25) is 0 Å². The highest BCUT2D eigenvalue weighted by Crippen LogP contribution is 2.18. The lowest BCUT2D eigenvalue weighted by atomic mass is 10.2. The Morgan fingerprint density at radius 2 is 2.04 bits per heavy atom. The van der Waals surface area contributed by atoms with Crippen molar-refractivity contribution in [3.8, 4) is 11.5 Å². The maximum absolute atomic E-state index is 13.0. The van der Waals surface area contributed by atoms with Crippen LogP contribution in [-0.4, -0.2) is 43.8 Å². The molecule has 2 rings (SSSR count). The molecule has 0 radical (unpaired) electrons. The quantitative estimate of drug-likeness (QED) is 0.348. The van der Waals surface area contributed by atoms with Crippen LogP contribution < -0.4 is 10.6 Å². The van der Waals surface area contributed by atoms with Gasteiger partial charge in [-0.1, -0.05) is 13.8 Å². The number of nitrogens with zero attached hydrogens (tertiary/aromatic N) is 2. The summed E-state index contributed by atoms with van der Waals surface area (Å²) in [5.41, 5.74) is 1.60. The van der Waals surface area contributed by atoms with Gasteiger partial charge in [0.15, 0.2) is 5.96 Å². The van der Waals surface area contributed by atoms with E-state index < -0.39 is 0 Å². The monoisotopic (exact) mass is 390 g/mol. The molecule has 0 saturated heterocycles. The van der Waals surface area contributed by atoms with Crippen molar-refractivity contribution in [2.75, 3.05) is 32.8 Å². The highest BCUT2D eigenvalue weighted by molar-refractivity contribution is 5.79. The second-order valence-corrected chi connectivity index (χ2v) is 6.91. The molecular weight excluding hydrogens is 359 g/mol. The third kappa shape index (κ3) is 8.08. The van der Waals surface area contributed by atoms with Crippen LogP contribution in [0.3, 0.4) is 0 Å². The fourth-order valence-electron chi connectivity index (χ4n) is 2.47. The van der Waals surface area contributed by atoms with Crippen LogP contribution in [0.15, 0.2) is 39.9 Å². The van der Waals surface area contributed by atoms with Crippen molar-refractivity contribution in [3.63, 3.8) is 0 Å². The van der Waals surface area contributed by atoms with Crippen LogP contribution in [-0.2, 0) is 11.2 Å². The Kier molecular flexibility index (Phi) is 9.48. The Labute approximate surface area is 166 Å². The first kappa shape index (κ1) is 21.9. The molecule has 0 fully saturated rings. The minimum absolute atomic E-state index is 0.276. The minimum atomic E-state index is -0.276. The van der Waals surface area contributed by atoms with Crippen molar-refractivity contribution in [3.05, 3.63) is 42.0 Å². The zero-order chi connectivity index (χ0) is 20.2. The Bertz CT molecular complexity index is 713. The van der Waals surface area contributed by atoms with E-state index in [1.807, 2.05) is 6.92 Å². The van der Waals surface area contributed by atoms with Gasteiger partial charge in [0.2, 0.25) is 5.89 Å². The van der Waals surface area contributed by atoms with Crippen LogP contribution in [0.5, 0.6) is 0 Å². The molecule has 154 valence electrons. The summed E-state index contributed by atoms with van der Waals surface area (Å²) in [4.78, 5) is 9.01. The zero-order valence-corrected chi connectivity index (χ0v) is 17.0. The number of rotatable bonds is 11. The van der Waals surface area contributed by atoms with E-state index in [4.69, 9.17) is 9.15 Å². The molecule has 0 aliphatic rings. The van der Waals surface area contributed by atoms with E-state index in [1.165, 1.54) is 12.1 Å². The summed E-state index contributed by atoms with van der Waals surface area (Å²) >= 11 is 0. The second-order valence-electron chi connectivity index (χ2n) is 6.91. The number of aliphatic imine (C=N–C) groups is 1. The SMILES string of the molecule is CCNC(=NCCCOCC(C)C)NCCc1coc(-c2ccc(F)cc2)n1. The molecule has 0 bridgehead atoms. The third-order valence-corrected chi connectivity index (χ3v) is 3.83. The predicted molar refractivity (Wildman–Crippen MR) is 110 cm³/mol. The maximum Gasteiger partial charge on any atom is 0.226 e. The minimum Gasteiger partial charge on any atom is -0.444 e. The van der Waals surface area contributed by atoms with E-state index in [1.54, 1.807) is 18.4 Å². The Morgan fingerprint density at radius 3 is 2.75 bits per heavy atom. The molecule has 7 heteroatoms. The van der Waals surface area contributed by atoms with Gasteiger partial charge in [0.05, 0.1) is 5.69 Å². The number of halogens is 1. The van der Waals surface area contributed by atoms with E-state index in [0.29, 0.717) is 31.3 Å². The van der Waals surface area contributed by atoms with Gasteiger partial charge >= 0.3 is 0 Å². The number of ether oxygens (including phenoxy) is 1. The topological polar surface area (TPSA) is 71.7 Å². The highest BCUT2D eigenvalue weighted by Gasteiger charge is 2.07. The van der Waals surface area contributed by atoms with Gasteiger partial charge in [-0.2, -0.15) is 0 Å². The fourth-order valence-corrected chi connectivity index (χ4v) is 2.47. The number of benzene rings is 1. The molecule has 0 amide bonds. The van der Waals surface area contributed by atoms with Gasteiger partial charge in [0, 0.05) is 44.8 Å². The largest absolute Gasteiger partial charge is 0.444 e. The number of hydrogen-bond donors (Lipinski definition) is 2. The van der Waals surface area contributed by atoms with E-state index in [9.17, 15) is 4.39 Å². The van der Waals surface area contributed by atoms with Crippen molar-refractivity contribution >= 4 is 5.96 Å². The van der Waals surface area contributed by atoms with E-state index >= 15 is 0 Å². The Balaban J connectivity index is 1.74. The molecule has 1 aromatic heterocycles. The molecule has 0 unspecified atom stereocenters. The van der Waals surface area contributed by atoms with Crippen LogP contribution in [0.25, 0.3) is 11.5 Å². The van der Waals surface area contributed by atoms with Gasteiger partial charge in [-0.15, -0.1) is 0 Å². The van der Waals surface area contributed by atoms with Gasteiger partial charge in [-0.3, -0.25) is 4.99 Å². The van der Waals surface area contributed by atoms with Crippen LogP contribution >= 0.6 is 0 Å². The average molecular weight is 391 g/mol. The van der Waals surface area contributed by atoms with Crippen LogP contribution in [0, 0.1) is 11.7 Å². The van der Waals surface area contributed by atoms with E-state index in [-0.39, 0.29) is 5.82 Å². The maximum atomic E-state index is 13.0. The van der Waals surface area contributed by atoms with Gasteiger partial charge in [0.25, 0.3) is 0 Å². The third-order valence-electron chi connectivity index (χ3n) is 3.83. The fraction of sp³-hybridized carbons (Fsp3) is 0.524. The molecular formula is C21H31FN4O2. The molecule has 1 heterocycles. The van der Waals surface area contributed by atoms with Gasteiger partial charge in [-0.25, -0.2) is 9.37 Å². The molecule has 28 heavy (non-hydrogen) atoms. The first-order valence-electron chi connectivity index (χ1n) is 9.88. The first-order chi connectivity index (χ1) is 13.6. The number of aromatic nitrogens is 1. The lowest BCUT2D eigenvalue weighted by molar-refractivity contribution is 0.109. The summed E-state index contributed by atoms with van der Waals surface area (Å²) in [7, 11) is 0. The lowest BCUT2D eigenvalue weighted by Gasteiger charge is -2.11. The molecule has 0 spiro atoms. The van der Waals surface area contributed by atoms with Crippen molar-refractivity contribution in [1.29, 1.82) is 0 Å². The smallest absolute Gasteiger partial charge is 0.226 e. The molecule has 2 aromatic rings. The average Bonchev–Trinajstić information content (AvgIpc) is 3.13. The Morgan fingerprint density at radius 1 is 1.25 bits per heavy atom. The van der Waals surface area contributed by atoms with Crippen LogP contribution in [0.4, 0.5) is 4.39 Å². The molecule has 0 aliphatic heterocycles. The number of oxazole rings is 1. The summed E-state index contributed by atoms with van der Waals surface area (Å²) in [6, 6.07) is 6.11. The lowest BCUT2D eigenvalue weighted by Crippen LogP contribution is -2.38. The standard InChI is InChI=1S/C21H31FN4O2/c1-4-23-21(24-11-5-13-27-14-16(2)3)25-12-10-19-15-28-20(26-19)17-6-8-18(22)9-7-17/h6-9,15-16H,4-5,10-14H2,1-3H3,(H2,23,24,25). The van der Waals surface area contributed by atoms with Crippen molar-refractivity contribution in [1.82, 2.24) is 15.6 Å². The van der Waals surface area contributed by atoms with Crippen molar-refractivity contribution < 1.29 is 13.5 Å². The summed E-state index contributed by atoms with van der Waals surface area (Å²) < 4.78 is 24.1. The number of guanidine groups is 1. The molecule has 1 aromatic carbocycles. The molecule has 2 N–H and O–H groups in total. The number of hydrogen-bond acceptors (Lipinski definition) is 4. The second kappa shape index (κ2) is 12.1. The molecule has 6 nitrogen and oxygen atoms in total. The summed E-state index contributed by atoms with van der Waals surface area (Å²) in [5.74, 6) is 1.56. The number of nitrogens with one attached hydrogen (secondary N) is 2. The predicted octanol–water partition coefficient (Wildman–Crippen LogP) is 3.64. The van der Waals surface area contributed by atoms with Crippen LogP contribution in [0.1, 0.15) is 32.9 Å². The first-order valence-corrected chi connectivity index (χ1v) is 9.88. The van der Waals surface area contributed by atoms with Gasteiger partial charge < -0.3 is 19.8 Å². The van der Waals surface area contributed by atoms with Gasteiger partial charge in [0.1, 0.15) is 12.1 Å². The van der Waals surface area contributed by atoms with Crippen molar-refractivity contribution in [2.24, 2.45) is 10.9 Å². The Hall–Kier alpha value is -2.41. The summed E-state index contributed by atoms with van der Waals surface area (Å²) in [6.45, 7) is 10.0. The summed E-state index contributed by atoms with van der Waals surface area (Å²) in [5, 5.41) is 6.53. The van der Waals surface area contributed by atoms with Crippen molar-refractivity contribution in [2.45, 2.75) is 33.6 Å². The molecule has 0 aliphatic carbocycles. The molecule has 0 atom stereocenters. The molecule has 0 saturated carbocycles. The zero-order valence-electron chi connectivity index (χ0n) is 17.0.